The number of aryl methyl sites for hydroxylation is 1. The molecule has 0 amide bonds. The molecule has 0 heterocycles. The second-order valence-corrected chi connectivity index (χ2v) is 5.03. The number of carbonyl (C=O) groups is 2. The molecule has 1 atom stereocenters. The van der Waals surface area contributed by atoms with Crippen LogP contribution in [0.4, 0.5) is 0 Å². The Bertz CT molecular complexity index is 708. The minimum absolute atomic E-state index is 0.0942. The first kappa shape index (κ1) is 18.0. The largest absolute Gasteiger partial charge is 0.348 e. The molecule has 4 nitrogen and oxygen atoms in total. The Morgan fingerprint density at radius 2 is 1.59 bits per heavy atom. The molecule has 0 radical (unpaired) electrons. The van der Waals surface area contributed by atoms with Crippen molar-refractivity contribution in [2.24, 2.45) is 0 Å². The summed E-state index contributed by atoms with van der Waals surface area (Å²) in [6.07, 6.45) is 0.726. The normalized spacial score (nSPS) is 10.2. The van der Waals surface area contributed by atoms with E-state index in [4.69, 9.17) is 9.46 Å². The molecule has 22 heavy (non-hydrogen) atoms. The van der Waals surface area contributed by atoms with E-state index in [1.165, 1.54) is 0 Å². The van der Waals surface area contributed by atoms with Gasteiger partial charge in [-0.05, 0) is 37.5 Å². The van der Waals surface area contributed by atoms with Crippen LogP contribution < -0.4 is 0 Å². The summed E-state index contributed by atoms with van der Waals surface area (Å²) in [5, 5.41) is 0. The molecule has 5 heteroatoms. The molecule has 0 aliphatic rings. The molecule has 0 aliphatic carbocycles. The topological polar surface area (TPSA) is 71.4 Å². The van der Waals surface area contributed by atoms with Gasteiger partial charge in [0.1, 0.15) is 0 Å². The van der Waals surface area contributed by atoms with Gasteiger partial charge in [0.25, 0.3) is 0 Å². The summed E-state index contributed by atoms with van der Waals surface area (Å²) in [7, 11) is -1.50. The van der Waals surface area contributed by atoms with Gasteiger partial charge in [-0.2, -0.15) is 0 Å². The van der Waals surface area contributed by atoms with E-state index in [0.29, 0.717) is 16.7 Å². The summed E-state index contributed by atoms with van der Waals surface area (Å²) in [6.45, 7) is 5.97. The van der Waals surface area contributed by atoms with Crippen molar-refractivity contribution in [3.63, 3.8) is 0 Å². The molecular weight excluding hydrogens is 299 g/mol. The first-order chi connectivity index (χ1) is 10.5. The smallest absolute Gasteiger partial charge is 0.194 e. The quantitative estimate of drug-likeness (QED) is 0.535. The third-order valence-corrected chi connectivity index (χ3v) is 3.64. The fourth-order valence-corrected chi connectivity index (χ4v) is 2.15. The van der Waals surface area contributed by atoms with Crippen LogP contribution >= 0.6 is 8.69 Å². The molecule has 0 aromatic heterocycles. The van der Waals surface area contributed by atoms with Crippen LogP contribution in [0.3, 0.4) is 0 Å². The van der Waals surface area contributed by atoms with E-state index in [1.54, 1.807) is 24.3 Å². The third kappa shape index (κ3) is 4.00. The van der Waals surface area contributed by atoms with Crippen LogP contribution in [0.1, 0.15) is 43.0 Å². The van der Waals surface area contributed by atoms with Crippen molar-refractivity contribution in [3.05, 3.63) is 69.8 Å². The molecule has 0 bridgehead atoms. The van der Waals surface area contributed by atoms with Gasteiger partial charge in [0, 0.05) is 16.7 Å². The van der Waals surface area contributed by atoms with E-state index < -0.39 is 8.69 Å². The van der Waals surface area contributed by atoms with Gasteiger partial charge >= 0.3 is 0 Å². The molecule has 0 fully saturated rings. The molecule has 1 N–H and O–H groups in total. The molecule has 116 valence electrons. The lowest BCUT2D eigenvalue weighted by Gasteiger charge is -2.11. The zero-order chi connectivity index (χ0) is 16.7. The highest BCUT2D eigenvalue weighted by atomic mass is 31.1. The summed E-state index contributed by atoms with van der Waals surface area (Å²) in [6, 6.07) is 10.7. The monoisotopic (exact) mass is 318 g/mol. The van der Waals surface area contributed by atoms with Gasteiger partial charge in [0.05, 0.1) is 0 Å². The Morgan fingerprint density at radius 1 is 1.00 bits per heavy atom. The SMILES string of the molecule is Cc1ccc(C(=O)c2ccccc2C=O)c(C)c1C.O=[PH2]O. The van der Waals surface area contributed by atoms with Crippen molar-refractivity contribution in [1.29, 1.82) is 0 Å². The lowest BCUT2D eigenvalue weighted by molar-refractivity contribution is 0.102. The maximum Gasteiger partial charge on any atom is 0.194 e. The average molecular weight is 318 g/mol. The number of carbonyl (C=O) groups excluding carboxylic acids is 2. The van der Waals surface area contributed by atoms with Crippen LogP contribution in [0, 0.1) is 20.8 Å². The van der Waals surface area contributed by atoms with Gasteiger partial charge in [0.15, 0.2) is 20.8 Å². The van der Waals surface area contributed by atoms with Crippen molar-refractivity contribution in [2.75, 3.05) is 0 Å². The summed E-state index contributed by atoms with van der Waals surface area (Å²) in [4.78, 5) is 30.7. The van der Waals surface area contributed by atoms with Gasteiger partial charge in [0.2, 0.25) is 0 Å². The van der Waals surface area contributed by atoms with Gasteiger partial charge in [-0.3, -0.25) is 14.2 Å². The van der Waals surface area contributed by atoms with E-state index in [9.17, 15) is 9.59 Å². The van der Waals surface area contributed by atoms with Crippen LogP contribution in [-0.2, 0) is 4.57 Å². The van der Waals surface area contributed by atoms with Crippen molar-refractivity contribution < 1.29 is 19.0 Å². The molecule has 2 aromatic carbocycles. The Morgan fingerprint density at radius 3 is 2.18 bits per heavy atom. The van der Waals surface area contributed by atoms with Crippen molar-refractivity contribution in [3.8, 4) is 0 Å². The molecule has 0 aliphatic heterocycles. The molecule has 0 saturated heterocycles. The second kappa shape index (κ2) is 8.42. The highest BCUT2D eigenvalue weighted by Gasteiger charge is 2.16. The molecule has 0 spiro atoms. The van der Waals surface area contributed by atoms with Crippen LogP contribution in [0.5, 0.6) is 0 Å². The standard InChI is InChI=1S/C17H16O2.H3O2P/c1-11-8-9-15(13(3)12(11)2)17(19)16-7-5-4-6-14(16)10-18;1-3-2/h4-10H,1-3H3;3H2,(H,1,2). The lowest BCUT2D eigenvalue weighted by Crippen LogP contribution is -2.08. The highest BCUT2D eigenvalue weighted by Crippen LogP contribution is 2.21. The van der Waals surface area contributed by atoms with Crippen molar-refractivity contribution >= 4 is 20.8 Å². The maximum atomic E-state index is 12.6. The van der Waals surface area contributed by atoms with E-state index in [2.05, 4.69) is 0 Å². The minimum Gasteiger partial charge on any atom is -0.348 e. The summed E-state index contributed by atoms with van der Waals surface area (Å²) in [5.41, 5.74) is 4.82. The van der Waals surface area contributed by atoms with Crippen LogP contribution in [0.25, 0.3) is 0 Å². The predicted octanol–water partition coefficient (Wildman–Crippen LogP) is 3.31. The summed E-state index contributed by atoms with van der Waals surface area (Å²) < 4.78 is 8.57. The number of benzene rings is 2. The zero-order valence-electron chi connectivity index (χ0n) is 12.8. The molecule has 0 saturated carbocycles. The van der Waals surface area contributed by atoms with Gasteiger partial charge in [-0.1, -0.05) is 36.4 Å². The Kier molecular flexibility index (Phi) is 6.90. The number of hydrogen-bond donors (Lipinski definition) is 1. The number of rotatable bonds is 3. The van der Waals surface area contributed by atoms with E-state index in [-0.39, 0.29) is 5.78 Å². The summed E-state index contributed by atoms with van der Waals surface area (Å²) in [5.74, 6) is -0.0942. The van der Waals surface area contributed by atoms with E-state index in [0.717, 1.165) is 23.0 Å². The van der Waals surface area contributed by atoms with Crippen molar-refractivity contribution in [2.45, 2.75) is 20.8 Å². The van der Waals surface area contributed by atoms with Crippen LogP contribution in [0.15, 0.2) is 36.4 Å². The Hall–Kier alpha value is -2.03. The average Bonchev–Trinajstić information content (AvgIpc) is 2.53. The first-order valence-corrected chi connectivity index (χ1v) is 7.70. The molecular formula is C17H19O4P. The van der Waals surface area contributed by atoms with Crippen molar-refractivity contribution in [1.82, 2.24) is 0 Å². The van der Waals surface area contributed by atoms with Gasteiger partial charge in [-0.15, -0.1) is 0 Å². The van der Waals surface area contributed by atoms with E-state index >= 15 is 0 Å². The fraction of sp³-hybridized carbons (Fsp3) is 0.176. The second-order valence-electron chi connectivity index (χ2n) is 4.82. The fourth-order valence-electron chi connectivity index (χ4n) is 2.15. The maximum absolute atomic E-state index is 12.6. The number of aldehydes is 1. The lowest BCUT2D eigenvalue weighted by atomic mass is 9.92. The van der Waals surface area contributed by atoms with Crippen LogP contribution in [-0.4, -0.2) is 17.0 Å². The molecule has 1 unspecified atom stereocenters. The van der Waals surface area contributed by atoms with Crippen LogP contribution in [0.2, 0.25) is 0 Å². The number of ketones is 1. The predicted molar refractivity (Wildman–Crippen MR) is 88.5 cm³/mol. The first-order valence-electron chi connectivity index (χ1n) is 6.71. The molecule has 2 rings (SSSR count). The minimum atomic E-state index is -1.50. The highest BCUT2D eigenvalue weighted by molar-refractivity contribution is 7.16. The molecule has 2 aromatic rings. The summed E-state index contributed by atoms with van der Waals surface area (Å²) >= 11 is 0. The Balaban J connectivity index is 0.000000745. The number of hydrogen-bond acceptors (Lipinski definition) is 3. The van der Waals surface area contributed by atoms with Gasteiger partial charge in [-0.25, -0.2) is 0 Å². The third-order valence-electron chi connectivity index (χ3n) is 3.64. The van der Waals surface area contributed by atoms with E-state index in [1.807, 2.05) is 32.9 Å². The van der Waals surface area contributed by atoms with Gasteiger partial charge < -0.3 is 4.89 Å². The Labute approximate surface area is 131 Å². The zero-order valence-corrected chi connectivity index (χ0v) is 13.9.